The fourth-order valence-electron chi connectivity index (χ4n) is 3.66. The van der Waals surface area contributed by atoms with Crippen LogP contribution in [0.5, 0.6) is 0 Å². The molecule has 0 unspecified atom stereocenters. The third-order valence-corrected chi connectivity index (χ3v) is 5.20. The summed E-state index contributed by atoms with van der Waals surface area (Å²) in [5.41, 5.74) is 2.74. The number of nitrogens with one attached hydrogen (secondary N) is 1. The van der Waals surface area contributed by atoms with E-state index in [9.17, 15) is 9.18 Å². The van der Waals surface area contributed by atoms with Crippen molar-refractivity contribution in [2.75, 3.05) is 13.1 Å². The van der Waals surface area contributed by atoms with Gasteiger partial charge in [-0.15, -0.1) is 0 Å². The largest absolute Gasteiger partial charge is 0.361 e. The van der Waals surface area contributed by atoms with Crippen LogP contribution >= 0.6 is 11.6 Å². The number of likely N-dealkylation sites (tertiary alicyclic amines) is 1. The predicted octanol–water partition coefficient (Wildman–Crippen LogP) is 4.98. The van der Waals surface area contributed by atoms with E-state index in [4.69, 9.17) is 11.6 Å². The zero-order valence-electron chi connectivity index (χ0n) is 13.6. The maximum atomic E-state index is 13.3. The van der Waals surface area contributed by atoms with Crippen LogP contribution in [0.15, 0.2) is 48.7 Å². The van der Waals surface area contributed by atoms with Crippen molar-refractivity contribution in [2.24, 2.45) is 0 Å². The molecule has 1 aromatic heterocycles. The van der Waals surface area contributed by atoms with Gasteiger partial charge in [0.15, 0.2) is 0 Å². The van der Waals surface area contributed by atoms with E-state index >= 15 is 0 Å². The SMILES string of the molecule is O=C(c1cccc(F)c1)N1CCC(c2c[nH]c3cc(Cl)ccc23)CC1. The Kier molecular flexibility index (Phi) is 4.22. The molecule has 0 radical (unpaired) electrons. The monoisotopic (exact) mass is 356 g/mol. The number of carbonyl (C=O) groups is 1. The first-order valence-corrected chi connectivity index (χ1v) is 8.81. The molecule has 0 saturated carbocycles. The number of hydrogen-bond donors (Lipinski definition) is 1. The third kappa shape index (κ3) is 3.14. The van der Waals surface area contributed by atoms with Gasteiger partial charge in [0.2, 0.25) is 0 Å². The molecule has 3 aromatic rings. The Morgan fingerprint density at radius 3 is 2.72 bits per heavy atom. The number of hydrogen-bond acceptors (Lipinski definition) is 1. The van der Waals surface area contributed by atoms with Crippen LogP contribution in [-0.2, 0) is 0 Å². The van der Waals surface area contributed by atoms with Crippen molar-refractivity contribution in [3.8, 4) is 0 Å². The molecule has 4 rings (SSSR count). The molecular weight excluding hydrogens is 339 g/mol. The van der Waals surface area contributed by atoms with Crippen molar-refractivity contribution in [1.82, 2.24) is 9.88 Å². The fraction of sp³-hybridized carbons (Fsp3) is 0.250. The number of halogens is 2. The minimum absolute atomic E-state index is 0.0938. The molecule has 0 aliphatic carbocycles. The van der Waals surface area contributed by atoms with Crippen molar-refractivity contribution in [1.29, 1.82) is 0 Å². The molecular formula is C20H18ClFN2O. The number of aromatic amines is 1. The van der Waals surface area contributed by atoms with Crippen LogP contribution in [0.3, 0.4) is 0 Å². The first-order valence-electron chi connectivity index (χ1n) is 8.43. The number of amides is 1. The fourth-order valence-corrected chi connectivity index (χ4v) is 3.83. The summed E-state index contributed by atoms with van der Waals surface area (Å²) in [5.74, 6) is -0.0617. The molecule has 1 amide bonds. The molecule has 2 aromatic carbocycles. The minimum Gasteiger partial charge on any atom is -0.361 e. The van der Waals surface area contributed by atoms with Crippen LogP contribution in [0.4, 0.5) is 4.39 Å². The topological polar surface area (TPSA) is 36.1 Å². The van der Waals surface area contributed by atoms with Crippen LogP contribution < -0.4 is 0 Å². The van der Waals surface area contributed by atoms with Crippen molar-refractivity contribution in [3.63, 3.8) is 0 Å². The van der Waals surface area contributed by atoms with Gasteiger partial charge in [-0.05, 0) is 54.7 Å². The van der Waals surface area contributed by atoms with E-state index in [2.05, 4.69) is 11.2 Å². The third-order valence-electron chi connectivity index (χ3n) is 4.97. The lowest BCUT2D eigenvalue weighted by atomic mass is 9.89. The molecule has 1 N–H and O–H groups in total. The molecule has 1 aliphatic rings. The molecule has 2 heterocycles. The van der Waals surface area contributed by atoms with Gasteiger partial charge >= 0.3 is 0 Å². The maximum Gasteiger partial charge on any atom is 0.253 e. The zero-order chi connectivity index (χ0) is 17.4. The summed E-state index contributed by atoms with van der Waals surface area (Å²) in [7, 11) is 0. The Bertz CT molecular complexity index is 928. The second-order valence-corrected chi connectivity index (χ2v) is 6.95. The standard InChI is InChI=1S/C20H18ClFN2O/c21-15-4-5-17-18(12-23-19(17)11-15)13-6-8-24(9-7-13)20(25)14-2-1-3-16(22)10-14/h1-5,10-13,23H,6-9H2. The number of benzene rings is 2. The molecule has 1 saturated heterocycles. The first-order chi connectivity index (χ1) is 12.1. The van der Waals surface area contributed by atoms with Crippen LogP contribution in [0, 0.1) is 5.82 Å². The summed E-state index contributed by atoms with van der Waals surface area (Å²) in [6.45, 7) is 1.36. The van der Waals surface area contributed by atoms with E-state index in [1.807, 2.05) is 23.1 Å². The van der Waals surface area contributed by atoms with Crippen molar-refractivity contribution in [2.45, 2.75) is 18.8 Å². The number of aromatic nitrogens is 1. The van der Waals surface area contributed by atoms with E-state index in [-0.39, 0.29) is 11.7 Å². The second-order valence-electron chi connectivity index (χ2n) is 6.51. The normalized spacial score (nSPS) is 15.7. The molecule has 25 heavy (non-hydrogen) atoms. The molecule has 128 valence electrons. The summed E-state index contributed by atoms with van der Waals surface area (Å²) in [6, 6.07) is 11.8. The number of piperidine rings is 1. The maximum absolute atomic E-state index is 13.3. The van der Waals surface area contributed by atoms with Crippen LogP contribution in [0.1, 0.15) is 34.7 Å². The Balaban J connectivity index is 1.48. The first kappa shape index (κ1) is 16.2. The van der Waals surface area contributed by atoms with Crippen molar-refractivity contribution in [3.05, 3.63) is 70.6 Å². The Hall–Kier alpha value is -2.33. The number of rotatable bonds is 2. The average Bonchev–Trinajstić information content (AvgIpc) is 3.04. The smallest absolute Gasteiger partial charge is 0.253 e. The van der Waals surface area contributed by atoms with E-state index in [0.29, 0.717) is 24.6 Å². The van der Waals surface area contributed by atoms with E-state index < -0.39 is 0 Å². The van der Waals surface area contributed by atoms with E-state index in [1.54, 1.807) is 12.1 Å². The number of fused-ring (bicyclic) bond motifs is 1. The van der Waals surface area contributed by atoms with Gasteiger partial charge in [-0.1, -0.05) is 23.7 Å². The summed E-state index contributed by atoms with van der Waals surface area (Å²) in [4.78, 5) is 17.6. The number of H-pyrrole nitrogens is 1. The highest BCUT2D eigenvalue weighted by Crippen LogP contribution is 2.34. The molecule has 5 heteroatoms. The molecule has 1 aliphatic heterocycles. The lowest BCUT2D eigenvalue weighted by Crippen LogP contribution is -2.37. The molecule has 0 spiro atoms. The zero-order valence-corrected chi connectivity index (χ0v) is 14.4. The minimum atomic E-state index is -0.377. The number of nitrogens with zero attached hydrogens (tertiary/aromatic N) is 1. The quantitative estimate of drug-likeness (QED) is 0.690. The van der Waals surface area contributed by atoms with Gasteiger partial charge in [0, 0.05) is 40.8 Å². The average molecular weight is 357 g/mol. The van der Waals surface area contributed by atoms with Gasteiger partial charge in [0.05, 0.1) is 0 Å². The van der Waals surface area contributed by atoms with E-state index in [0.717, 1.165) is 23.4 Å². The Morgan fingerprint density at radius 1 is 1.16 bits per heavy atom. The van der Waals surface area contributed by atoms with Gasteiger partial charge in [-0.3, -0.25) is 4.79 Å². The van der Waals surface area contributed by atoms with Crippen LogP contribution in [0.25, 0.3) is 10.9 Å². The van der Waals surface area contributed by atoms with Crippen LogP contribution in [-0.4, -0.2) is 28.9 Å². The van der Waals surface area contributed by atoms with Crippen LogP contribution in [0.2, 0.25) is 5.02 Å². The Labute approximate surface area is 150 Å². The van der Waals surface area contributed by atoms with Gasteiger partial charge < -0.3 is 9.88 Å². The molecule has 0 atom stereocenters. The highest BCUT2D eigenvalue weighted by atomic mass is 35.5. The summed E-state index contributed by atoms with van der Waals surface area (Å²) < 4.78 is 13.3. The van der Waals surface area contributed by atoms with Gasteiger partial charge in [-0.2, -0.15) is 0 Å². The van der Waals surface area contributed by atoms with E-state index in [1.165, 1.54) is 23.1 Å². The molecule has 1 fully saturated rings. The van der Waals surface area contributed by atoms with Crippen molar-refractivity contribution < 1.29 is 9.18 Å². The summed E-state index contributed by atoms with van der Waals surface area (Å²) in [6.07, 6.45) is 3.85. The lowest BCUT2D eigenvalue weighted by molar-refractivity contribution is 0.0713. The highest BCUT2D eigenvalue weighted by Gasteiger charge is 2.26. The second kappa shape index (κ2) is 6.52. The van der Waals surface area contributed by atoms with Gasteiger partial charge in [0.25, 0.3) is 5.91 Å². The summed E-state index contributed by atoms with van der Waals surface area (Å²) in [5, 5.41) is 1.91. The highest BCUT2D eigenvalue weighted by molar-refractivity contribution is 6.31. The summed E-state index contributed by atoms with van der Waals surface area (Å²) >= 11 is 6.05. The van der Waals surface area contributed by atoms with Gasteiger partial charge in [-0.25, -0.2) is 4.39 Å². The predicted molar refractivity (Wildman–Crippen MR) is 97.6 cm³/mol. The number of carbonyl (C=O) groups excluding carboxylic acids is 1. The Morgan fingerprint density at radius 2 is 1.96 bits per heavy atom. The lowest BCUT2D eigenvalue weighted by Gasteiger charge is -2.32. The van der Waals surface area contributed by atoms with Crippen molar-refractivity contribution >= 4 is 28.4 Å². The molecule has 0 bridgehead atoms. The van der Waals surface area contributed by atoms with Gasteiger partial charge in [0.1, 0.15) is 5.82 Å². The molecule has 3 nitrogen and oxygen atoms in total.